The maximum Gasteiger partial charge on any atom is 0.164 e. The third-order valence-electron chi connectivity index (χ3n) is 2.26. The summed E-state index contributed by atoms with van der Waals surface area (Å²) >= 11 is 3.50. The zero-order valence-electron chi connectivity index (χ0n) is 9.83. The van der Waals surface area contributed by atoms with Crippen molar-refractivity contribution in [3.63, 3.8) is 0 Å². The van der Waals surface area contributed by atoms with Gasteiger partial charge in [0.1, 0.15) is 5.75 Å². The van der Waals surface area contributed by atoms with Crippen LogP contribution in [0.4, 0.5) is 0 Å². The van der Waals surface area contributed by atoms with Crippen LogP contribution in [0.2, 0.25) is 0 Å². The molecule has 1 rings (SSSR count). The van der Waals surface area contributed by atoms with E-state index >= 15 is 0 Å². The number of alkyl halides is 1. The lowest BCUT2D eigenvalue weighted by molar-refractivity contribution is 0.347. The summed E-state index contributed by atoms with van der Waals surface area (Å²) in [6, 6.07) is 3.69. The lowest BCUT2D eigenvalue weighted by Crippen LogP contribution is -2.11. The maximum absolute atomic E-state index is 5.30. The van der Waals surface area contributed by atoms with E-state index in [4.69, 9.17) is 14.2 Å². The Hall–Kier alpha value is -0.940. The molecule has 0 bridgehead atoms. The van der Waals surface area contributed by atoms with Gasteiger partial charge in [-0.3, -0.25) is 0 Å². The van der Waals surface area contributed by atoms with Gasteiger partial charge in [0.15, 0.2) is 11.5 Å². The SMILES string of the molecule is CNC(Br)c1cc(OC)c(OC)cc1OC. The van der Waals surface area contributed by atoms with Crippen molar-refractivity contribution in [2.24, 2.45) is 0 Å². The second-order valence-electron chi connectivity index (χ2n) is 3.10. The van der Waals surface area contributed by atoms with Crippen molar-refractivity contribution in [2.75, 3.05) is 28.4 Å². The zero-order chi connectivity index (χ0) is 12.1. The summed E-state index contributed by atoms with van der Waals surface area (Å²) < 4.78 is 15.8. The van der Waals surface area contributed by atoms with E-state index in [0.717, 1.165) is 11.3 Å². The molecule has 0 aromatic heterocycles. The molecule has 0 radical (unpaired) electrons. The number of rotatable bonds is 5. The molecular weight excluding hydrogens is 274 g/mol. The molecule has 1 N–H and O–H groups in total. The molecule has 0 saturated heterocycles. The topological polar surface area (TPSA) is 39.7 Å². The Kier molecular flexibility index (Phi) is 4.89. The molecule has 5 heteroatoms. The molecule has 0 spiro atoms. The van der Waals surface area contributed by atoms with Crippen LogP contribution in [-0.4, -0.2) is 28.4 Å². The summed E-state index contributed by atoms with van der Waals surface area (Å²) in [4.78, 5) is 0.00209. The normalized spacial score (nSPS) is 12.1. The van der Waals surface area contributed by atoms with Gasteiger partial charge in [-0.1, -0.05) is 15.9 Å². The van der Waals surface area contributed by atoms with E-state index in [-0.39, 0.29) is 4.95 Å². The fourth-order valence-electron chi connectivity index (χ4n) is 1.41. The van der Waals surface area contributed by atoms with Crippen LogP contribution in [0.3, 0.4) is 0 Å². The van der Waals surface area contributed by atoms with E-state index in [9.17, 15) is 0 Å². The van der Waals surface area contributed by atoms with Gasteiger partial charge in [0.2, 0.25) is 0 Å². The molecule has 0 aliphatic carbocycles. The number of hydrogen-bond donors (Lipinski definition) is 1. The molecule has 90 valence electrons. The Bertz CT molecular complexity index is 357. The average molecular weight is 290 g/mol. The van der Waals surface area contributed by atoms with Crippen LogP contribution in [0.15, 0.2) is 12.1 Å². The van der Waals surface area contributed by atoms with Crippen molar-refractivity contribution in [3.8, 4) is 17.2 Å². The Balaban J connectivity index is 3.25. The molecule has 0 amide bonds. The summed E-state index contributed by atoms with van der Waals surface area (Å²) in [6.45, 7) is 0. The number of halogens is 1. The van der Waals surface area contributed by atoms with Crippen molar-refractivity contribution in [3.05, 3.63) is 17.7 Å². The first-order chi connectivity index (χ1) is 7.67. The van der Waals surface area contributed by atoms with Crippen LogP contribution in [-0.2, 0) is 0 Å². The molecule has 0 fully saturated rings. The summed E-state index contributed by atoms with van der Waals surface area (Å²) in [5.41, 5.74) is 0.961. The lowest BCUT2D eigenvalue weighted by atomic mass is 10.1. The fourth-order valence-corrected chi connectivity index (χ4v) is 1.76. The molecule has 1 aromatic carbocycles. The molecular formula is C11H16BrNO3. The predicted octanol–water partition coefficient (Wildman–Crippen LogP) is 2.33. The second-order valence-corrected chi connectivity index (χ2v) is 4.02. The molecule has 0 aliphatic rings. The van der Waals surface area contributed by atoms with Crippen molar-refractivity contribution < 1.29 is 14.2 Å². The molecule has 0 aliphatic heterocycles. The van der Waals surface area contributed by atoms with Gasteiger partial charge in [0.25, 0.3) is 0 Å². The summed E-state index contributed by atoms with van der Waals surface area (Å²) in [5.74, 6) is 2.07. The fraction of sp³-hybridized carbons (Fsp3) is 0.455. The first kappa shape index (κ1) is 13.1. The molecule has 1 aromatic rings. The van der Waals surface area contributed by atoms with Gasteiger partial charge >= 0.3 is 0 Å². The van der Waals surface area contributed by atoms with Crippen LogP contribution in [0.5, 0.6) is 17.2 Å². The van der Waals surface area contributed by atoms with E-state index in [1.165, 1.54) is 0 Å². The number of nitrogens with one attached hydrogen (secondary N) is 1. The Morgan fingerprint density at radius 1 is 1.00 bits per heavy atom. The first-order valence-electron chi connectivity index (χ1n) is 4.79. The molecule has 0 heterocycles. The number of benzene rings is 1. The predicted molar refractivity (Wildman–Crippen MR) is 66.8 cm³/mol. The largest absolute Gasteiger partial charge is 0.496 e. The van der Waals surface area contributed by atoms with Crippen LogP contribution in [0.25, 0.3) is 0 Å². The second kappa shape index (κ2) is 5.96. The lowest BCUT2D eigenvalue weighted by Gasteiger charge is -2.17. The molecule has 1 atom stereocenters. The van der Waals surface area contributed by atoms with Crippen LogP contribution in [0, 0.1) is 0 Å². The van der Waals surface area contributed by atoms with Gasteiger partial charge in [-0.15, -0.1) is 0 Å². The monoisotopic (exact) mass is 289 g/mol. The van der Waals surface area contributed by atoms with Gasteiger partial charge in [0.05, 0.1) is 26.3 Å². The zero-order valence-corrected chi connectivity index (χ0v) is 11.4. The van der Waals surface area contributed by atoms with Gasteiger partial charge in [0, 0.05) is 11.6 Å². The highest BCUT2D eigenvalue weighted by Crippen LogP contribution is 2.38. The molecule has 0 saturated carbocycles. The highest BCUT2D eigenvalue weighted by Gasteiger charge is 2.16. The first-order valence-corrected chi connectivity index (χ1v) is 5.70. The minimum Gasteiger partial charge on any atom is -0.496 e. The van der Waals surface area contributed by atoms with Crippen LogP contribution < -0.4 is 19.5 Å². The smallest absolute Gasteiger partial charge is 0.164 e. The standard InChI is InChI=1S/C11H16BrNO3/c1-13-11(12)7-5-9(15-3)10(16-4)6-8(7)14-2/h5-6,11,13H,1-4H3. The van der Waals surface area contributed by atoms with Crippen LogP contribution >= 0.6 is 15.9 Å². The van der Waals surface area contributed by atoms with Crippen LogP contribution in [0.1, 0.15) is 10.5 Å². The quantitative estimate of drug-likeness (QED) is 0.667. The van der Waals surface area contributed by atoms with Gasteiger partial charge in [-0.25, -0.2) is 0 Å². The van der Waals surface area contributed by atoms with Gasteiger partial charge < -0.3 is 19.5 Å². The van der Waals surface area contributed by atoms with Crippen molar-refractivity contribution in [1.29, 1.82) is 0 Å². The Labute approximate surface area is 104 Å². The van der Waals surface area contributed by atoms with Crippen molar-refractivity contribution in [1.82, 2.24) is 5.32 Å². The summed E-state index contributed by atoms with van der Waals surface area (Å²) in [7, 11) is 6.69. The number of ether oxygens (including phenoxy) is 3. The van der Waals surface area contributed by atoms with Gasteiger partial charge in [-0.05, 0) is 13.1 Å². The summed E-state index contributed by atoms with van der Waals surface area (Å²) in [6.07, 6.45) is 0. The highest BCUT2D eigenvalue weighted by atomic mass is 79.9. The van der Waals surface area contributed by atoms with Crippen molar-refractivity contribution in [2.45, 2.75) is 4.95 Å². The highest BCUT2D eigenvalue weighted by molar-refractivity contribution is 9.09. The molecule has 1 unspecified atom stereocenters. The number of hydrogen-bond acceptors (Lipinski definition) is 4. The minimum absolute atomic E-state index is 0.00209. The van der Waals surface area contributed by atoms with E-state index in [1.54, 1.807) is 27.4 Å². The van der Waals surface area contributed by atoms with E-state index in [1.807, 2.05) is 13.1 Å². The molecule has 16 heavy (non-hydrogen) atoms. The van der Waals surface area contributed by atoms with E-state index < -0.39 is 0 Å². The maximum atomic E-state index is 5.30. The average Bonchev–Trinajstić information content (AvgIpc) is 2.35. The summed E-state index contributed by atoms with van der Waals surface area (Å²) in [5, 5.41) is 3.09. The third kappa shape index (κ3) is 2.59. The Morgan fingerprint density at radius 2 is 1.50 bits per heavy atom. The van der Waals surface area contributed by atoms with Crippen molar-refractivity contribution >= 4 is 15.9 Å². The Morgan fingerprint density at radius 3 is 1.94 bits per heavy atom. The third-order valence-corrected chi connectivity index (χ3v) is 3.21. The van der Waals surface area contributed by atoms with Gasteiger partial charge in [-0.2, -0.15) is 0 Å². The van der Waals surface area contributed by atoms with E-state index in [0.29, 0.717) is 11.5 Å². The minimum atomic E-state index is 0.00209. The molecule has 4 nitrogen and oxygen atoms in total. The number of methoxy groups -OCH3 is 3. The van der Waals surface area contributed by atoms with E-state index in [2.05, 4.69) is 21.2 Å².